The van der Waals surface area contributed by atoms with Gasteiger partial charge in [-0.2, -0.15) is 0 Å². The number of rotatable bonds is 8. The summed E-state index contributed by atoms with van der Waals surface area (Å²) in [6.07, 6.45) is 3.41. The molecule has 1 fully saturated rings. The first-order valence-electron chi connectivity index (χ1n) is 7.69. The van der Waals surface area contributed by atoms with Gasteiger partial charge in [0.05, 0.1) is 6.10 Å². The molecule has 0 saturated heterocycles. The van der Waals surface area contributed by atoms with Gasteiger partial charge in [-0.3, -0.25) is 10.1 Å². The van der Waals surface area contributed by atoms with E-state index in [9.17, 15) is 9.90 Å². The molecule has 1 saturated carbocycles. The van der Waals surface area contributed by atoms with Crippen LogP contribution in [0.5, 0.6) is 5.75 Å². The van der Waals surface area contributed by atoms with Crippen LogP contribution in [-0.2, 0) is 11.2 Å². The number of ether oxygens (including phenoxy) is 1. The lowest BCUT2D eigenvalue weighted by Gasteiger charge is -2.29. The van der Waals surface area contributed by atoms with Gasteiger partial charge in [0.25, 0.3) is 0 Å². The Morgan fingerprint density at radius 2 is 2.05 bits per heavy atom. The van der Waals surface area contributed by atoms with Gasteiger partial charge in [-0.25, -0.2) is 0 Å². The fraction of sp³-hybridized carbons (Fsp3) is 0.588. The number of carboxylic acids is 1. The van der Waals surface area contributed by atoms with Crippen LogP contribution >= 0.6 is 0 Å². The van der Waals surface area contributed by atoms with E-state index in [1.54, 1.807) is 6.92 Å². The van der Waals surface area contributed by atoms with Crippen molar-refractivity contribution in [3.05, 3.63) is 29.8 Å². The molecular formula is C17H25NO3. The number of aryl methyl sites for hydroxylation is 1. The van der Waals surface area contributed by atoms with Gasteiger partial charge < -0.3 is 9.84 Å². The SMILES string of the molecule is CCc1ccc(OC(C)CC(C)(NC2CC2)C(=O)O)cc1. The van der Waals surface area contributed by atoms with Crippen LogP contribution in [0.15, 0.2) is 24.3 Å². The molecule has 4 nitrogen and oxygen atoms in total. The molecule has 116 valence electrons. The summed E-state index contributed by atoms with van der Waals surface area (Å²) in [4.78, 5) is 11.5. The van der Waals surface area contributed by atoms with E-state index in [0.29, 0.717) is 12.5 Å². The highest BCUT2D eigenvalue weighted by molar-refractivity contribution is 5.78. The first-order valence-corrected chi connectivity index (χ1v) is 7.69. The van der Waals surface area contributed by atoms with Crippen LogP contribution in [0, 0.1) is 0 Å². The molecule has 0 aliphatic heterocycles. The normalized spacial score (nSPS) is 18.8. The third-order valence-electron chi connectivity index (χ3n) is 3.94. The predicted octanol–water partition coefficient (Wildman–Crippen LogP) is 3.00. The summed E-state index contributed by atoms with van der Waals surface area (Å²) < 4.78 is 5.86. The number of hydrogen-bond acceptors (Lipinski definition) is 3. The van der Waals surface area contributed by atoms with E-state index < -0.39 is 11.5 Å². The largest absolute Gasteiger partial charge is 0.491 e. The molecule has 2 atom stereocenters. The van der Waals surface area contributed by atoms with Gasteiger partial charge in [-0.15, -0.1) is 0 Å². The molecule has 0 aromatic heterocycles. The summed E-state index contributed by atoms with van der Waals surface area (Å²) in [7, 11) is 0. The van der Waals surface area contributed by atoms with Gasteiger partial charge in [0.2, 0.25) is 0 Å². The average Bonchev–Trinajstić information content (AvgIpc) is 3.22. The van der Waals surface area contributed by atoms with Crippen molar-refractivity contribution in [2.24, 2.45) is 0 Å². The second-order valence-corrected chi connectivity index (χ2v) is 6.19. The van der Waals surface area contributed by atoms with Crippen LogP contribution in [0.25, 0.3) is 0 Å². The molecule has 1 aliphatic carbocycles. The summed E-state index contributed by atoms with van der Waals surface area (Å²) in [6, 6.07) is 8.33. The van der Waals surface area contributed by atoms with E-state index >= 15 is 0 Å². The molecule has 2 rings (SSSR count). The second kappa shape index (κ2) is 6.48. The summed E-state index contributed by atoms with van der Waals surface area (Å²) in [5.41, 5.74) is 0.338. The number of aliphatic carboxylic acids is 1. The third kappa shape index (κ3) is 4.46. The highest BCUT2D eigenvalue weighted by atomic mass is 16.5. The lowest BCUT2D eigenvalue weighted by atomic mass is 9.94. The van der Waals surface area contributed by atoms with Crippen molar-refractivity contribution < 1.29 is 14.6 Å². The van der Waals surface area contributed by atoms with Gasteiger partial charge in [0.1, 0.15) is 11.3 Å². The first kappa shape index (κ1) is 15.8. The first-order chi connectivity index (χ1) is 9.93. The van der Waals surface area contributed by atoms with Crippen LogP contribution in [0.4, 0.5) is 0 Å². The molecule has 0 heterocycles. The summed E-state index contributed by atoms with van der Waals surface area (Å²) in [5.74, 6) is -0.0231. The molecule has 2 unspecified atom stereocenters. The highest BCUT2D eigenvalue weighted by Crippen LogP contribution is 2.26. The van der Waals surface area contributed by atoms with Gasteiger partial charge in [-0.1, -0.05) is 19.1 Å². The zero-order valence-electron chi connectivity index (χ0n) is 13.1. The fourth-order valence-electron chi connectivity index (χ4n) is 2.54. The molecule has 1 aromatic rings. The van der Waals surface area contributed by atoms with Gasteiger partial charge in [-0.05, 0) is 50.8 Å². The molecule has 0 radical (unpaired) electrons. The Hall–Kier alpha value is -1.55. The van der Waals surface area contributed by atoms with Gasteiger partial charge in [0, 0.05) is 12.5 Å². The van der Waals surface area contributed by atoms with Gasteiger partial charge in [0.15, 0.2) is 0 Å². The monoisotopic (exact) mass is 291 g/mol. The maximum atomic E-state index is 11.5. The molecular weight excluding hydrogens is 266 g/mol. The van der Waals surface area contributed by atoms with Crippen LogP contribution < -0.4 is 10.1 Å². The summed E-state index contributed by atoms with van der Waals surface area (Å²) >= 11 is 0. The predicted molar refractivity (Wildman–Crippen MR) is 82.7 cm³/mol. The minimum absolute atomic E-state index is 0.162. The number of hydrogen-bond donors (Lipinski definition) is 2. The van der Waals surface area contributed by atoms with E-state index in [4.69, 9.17) is 4.74 Å². The van der Waals surface area contributed by atoms with Crippen molar-refractivity contribution >= 4 is 5.97 Å². The molecule has 0 bridgehead atoms. The standard InChI is InChI=1S/C17H25NO3/c1-4-13-5-9-15(10-6-13)21-12(2)11-17(3,16(19)20)18-14-7-8-14/h5-6,9-10,12,14,18H,4,7-8,11H2,1-3H3,(H,19,20). The molecule has 1 aromatic carbocycles. The Balaban J connectivity index is 1.94. The lowest BCUT2D eigenvalue weighted by Crippen LogP contribution is -2.52. The van der Waals surface area contributed by atoms with E-state index in [2.05, 4.69) is 12.2 Å². The van der Waals surface area contributed by atoms with E-state index in [-0.39, 0.29) is 6.10 Å². The second-order valence-electron chi connectivity index (χ2n) is 6.19. The van der Waals surface area contributed by atoms with Crippen LogP contribution in [0.3, 0.4) is 0 Å². The van der Waals surface area contributed by atoms with Crippen molar-refractivity contribution in [3.8, 4) is 5.75 Å². The lowest BCUT2D eigenvalue weighted by molar-refractivity contribution is -0.145. The zero-order chi connectivity index (χ0) is 15.5. The van der Waals surface area contributed by atoms with Gasteiger partial charge >= 0.3 is 5.97 Å². The number of nitrogens with one attached hydrogen (secondary N) is 1. The van der Waals surface area contributed by atoms with Crippen molar-refractivity contribution in [3.63, 3.8) is 0 Å². The fourth-order valence-corrected chi connectivity index (χ4v) is 2.54. The highest BCUT2D eigenvalue weighted by Gasteiger charge is 2.39. The average molecular weight is 291 g/mol. The molecule has 1 aliphatic rings. The number of benzene rings is 1. The van der Waals surface area contributed by atoms with E-state index in [1.165, 1.54) is 5.56 Å². The van der Waals surface area contributed by atoms with Crippen LogP contribution in [-0.4, -0.2) is 28.8 Å². The zero-order valence-corrected chi connectivity index (χ0v) is 13.1. The third-order valence-corrected chi connectivity index (χ3v) is 3.94. The maximum Gasteiger partial charge on any atom is 0.323 e. The van der Waals surface area contributed by atoms with Crippen molar-refractivity contribution in [1.29, 1.82) is 0 Å². The van der Waals surface area contributed by atoms with Crippen molar-refractivity contribution in [2.45, 2.75) is 64.1 Å². The Bertz CT molecular complexity index is 481. The molecule has 0 spiro atoms. The molecule has 0 amide bonds. The van der Waals surface area contributed by atoms with E-state index in [0.717, 1.165) is 25.0 Å². The molecule has 2 N–H and O–H groups in total. The smallest absolute Gasteiger partial charge is 0.323 e. The Labute approximate surface area is 126 Å². The van der Waals surface area contributed by atoms with Crippen molar-refractivity contribution in [1.82, 2.24) is 5.32 Å². The van der Waals surface area contributed by atoms with Crippen LogP contribution in [0.1, 0.15) is 45.6 Å². The Kier molecular flexibility index (Phi) is 4.88. The minimum atomic E-state index is -0.927. The quantitative estimate of drug-likeness (QED) is 0.773. The van der Waals surface area contributed by atoms with E-state index in [1.807, 2.05) is 31.2 Å². The number of carbonyl (C=O) groups is 1. The summed E-state index contributed by atoms with van der Waals surface area (Å²) in [6.45, 7) is 5.78. The summed E-state index contributed by atoms with van der Waals surface area (Å²) in [5, 5.41) is 12.7. The Morgan fingerprint density at radius 1 is 1.43 bits per heavy atom. The minimum Gasteiger partial charge on any atom is -0.491 e. The molecule has 4 heteroatoms. The Morgan fingerprint density at radius 3 is 2.52 bits per heavy atom. The van der Waals surface area contributed by atoms with Crippen molar-refractivity contribution in [2.75, 3.05) is 0 Å². The van der Waals surface area contributed by atoms with Crippen LogP contribution in [0.2, 0.25) is 0 Å². The topological polar surface area (TPSA) is 58.6 Å². The number of carboxylic acid groups (broad SMARTS) is 1. The maximum absolute atomic E-state index is 11.5. The molecule has 21 heavy (non-hydrogen) atoms.